The van der Waals surface area contributed by atoms with Crippen LogP contribution in [0.4, 0.5) is 5.82 Å². The molecule has 2 aromatic heterocycles. The number of aliphatic hydroxyl groups is 1. The number of pyridine rings is 1. The number of hydrogen-bond donors (Lipinski definition) is 2. The average molecular weight is 219 g/mol. The van der Waals surface area contributed by atoms with Gasteiger partial charge in [0.15, 0.2) is 0 Å². The van der Waals surface area contributed by atoms with E-state index in [2.05, 4.69) is 24.1 Å². The van der Waals surface area contributed by atoms with Gasteiger partial charge in [-0.1, -0.05) is 6.07 Å². The molecule has 86 valence electrons. The number of fused-ring (bicyclic) bond motifs is 1. The fourth-order valence-electron chi connectivity index (χ4n) is 1.74. The summed E-state index contributed by atoms with van der Waals surface area (Å²) in [4.78, 5) is 4.23. The van der Waals surface area contributed by atoms with E-state index in [0.717, 1.165) is 11.5 Å². The van der Waals surface area contributed by atoms with Crippen LogP contribution in [-0.4, -0.2) is 26.6 Å². The first-order valence-electron chi connectivity index (χ1n) is 5.43. The molecule has 0 aliphatic heterocycles. The van der Waals surface area contributed by atoms with Crippen molar-refractivity contribution >= 4 is 11.5 Å². The van der Waals surface area contributed by atoms with Crippen molar-refractivity contribution < 1.29 is 5.11 Å². The van der Waals surface area contributed by atoms with Crippen molar-refractivity contribution in [3.63, 3.8) is 0 Å². The fraction of sp³-hybridized carbons (Fsp3) is 0.417. The van der Waals surface area contributed by atoms with Gasteiger partial charge in [-0.25, -0.2) is 4.98 Å². The Morgan fingerprint density at radius 3 is 3.00 bits per heavy atom. The third-order valence-electron chi connectivity index (χ3n) is 2.63. The van der Waals surface area contributed by atoms with Gasteiger partial charge in [0, 0.05) is 24.5 Å². The van der Waals surface area contributed by atoms with Crippen LogP contribution in [0.2, 0.25) is 0 Å². The second-order valence-electron chi connectivity index (χ2n) is 4.55. The normalized spacial score (nSPS) is 11.9. The Bertz CT molecular complexity index is 476. The number of nitrogens with one attached hydrogen (secondary N) is 1. The Morgan fingerprint density at radius 1 is 1.44 bits per heavy atom. The molecule has 4 nitrogen and oxygen atoms in total. The molecular weight excluding hydrogens is 202 g/mol. The molecule has 2 aromatic rings. The van der Waals surface area contributed by atoms with E-state index in [0.29, 0.717) is 6.42 Å². The van der Waals surface area contributed by atoms with Gasteiger partial charge in [-0.05, 0) is 32.4 Å². The van der Waals surface area contributed by atoms with E-state index < -0.39 is 0 Å². The highest BCUT2D eigenvalue weighted by atomic mass is 16.3. The molecule has 2 rings (SSSR count). The van der Waals surface area contributed by atoms with Crippen LogP contribution in [0.1, 0.15) is 20.3 Å². The van der Waals surface area contributed by atoms with Crippen LogP contribution in [-0.2, 0) is 0 Å². The Kier molecular flexibility index (Phi) is 2.83. The molecule has 0 aliphatic rings. The van der Waals surface area contributed by atoms with Gasteiger partial charge in [0.2, 0.25) is 0 Å². The summed E-state index contributed by atoms with van der Waals surface area (Å²) in [6.07, 6.45) is 4.41. The second kappa shape index (κ2) is 4.14. The molecule has 2 heterocycles. The van der Waals surface area contributed by atoms with E-state index in [9.17, 15) is 0 Å². The van der Waals surface area contributed by atoms with Crippen LogP contribution in [0.25, 0.3) is 5.65 Å². The summed E-state index contributed by atoms with van der Waals surface area (Å²) in [5.41, 5.74) is 0.789. The molecule has 0 saturated carbocycles. The van der Waals surface area contributed by atoms with Crippen molar-refractivity contribution in [3.8, 4) is 0 Å². The maximum Gasteiger partial charge on any atom is 0.138 e. The van der Waals surface area contributed by atoms with Crippen molar-refractivity contribution in [2.45, 2.75) is 25.8 Å². The minimum atomic E-state index is -0.132. The number of rotatable bonds is 4. The van der Waals surface area contributed by atoms with Gasteiger partial charge in [-0.2, -0.15) is 0 Å². The molecular formula is C12H17N3O. The molecule has 0 aromatic carbocycles. The average Bonchev–Trinajstić information content (AvgIpc) is 2.65. The standard InChI is InChI=1S/C12H17N3O/c1-12(2,6-9-16)14-11-5-3-4-10-13-7-8-15(10)11/h3-5,7-8,14,16H,6,9H2,1-2H3. The molecule has 0 amide bonds. The zero-order chi connectivity index (χ0) is 11.6. The lowest BCUT2D eigenvalue weighted by atomic mass is 10.0. The number of aliphatic hydroxyl groups excluding tert-OH is 1. The Morgan fingerprint density at radius 2 is 2.25 bits per heavy atom. The first-order valence-corrected chi connectivity index (χ1v) is 5.43. The summed E-state index contributed by atoms with van der Waals surface area (Å²) in [7, 11) is 0. The Hall–Kier alpha value is -1.55. The lowest BCUT2D eigenvalue weighted by Crippen LogP contribution is -2.32. The van der Waals surface area contributed by atoms with Gasteiger partial charge in [-0.3, -0.25) is 4.40 Å². The molecule has 0 bridgehead atoms. The molecule has 0 unspecified atom stereocenters. The maximum absolute atomic E-state index is 8.99. The molecule has 0 atom stereocenters. The van der Waals surface area contributed by atoms with Gasteiger partial charge >= 0.3 is 0 Å². The van der Waals surface area contributed by atoms with Crippen molar-refractivity contribution in [1.82, 2.24) is 9.38 Å². The van der Waals surface area contributed by atoms with E-state index >= 15 is 0 Å². The highest BCUT2D eigenvalue weighted by molar-refractivity contribution is 5.50. The summed E-state index contributed by atoms with van der Waals surface area (Å²) < 4.78 is 2.00. The third-order valence-corrected chi connectivity index (χ3v) is 2.63. The number of aromatic nitrogens is 2. The van der Waals surface area contributed by atoms with E-state index in [1.165, 1.54) is 0 Å². The lowest BCUT2D eigenvalue weighted by molar-refractivity contribution is 0.260. The van der Waals surface area contributed by atoms with Crippen LogP contribution < -0.4 is 5.32 Å². The van der Waals surface area contributed by atoms with Gasteiger partial charge in [0.25, 0.3) is 0 Å². The summed E-state index contributed by atoms with van der Waals surface area (Å²) in [6.45, 7) is 4.32. The molecule has 0 spiro atoms. The number of imidazole rings is 1. The van der Waals surface area contributed by atoms with E-state index in [1.807, 2.05) is 28.8 Å². The van der Waals surface area contributed by atoms with Crippen LogP contribution in [0, 0.1) is 0 Å². The first kappa shape index (κ1) is 11.0. The topological polar surface area (TPSA) is 49.6 Å². The Balaban J connectivity index is 2.30. The summed E-state index contributed by atoms with van der Waals surface area (Å²) in [5, 5.41) is 12.4. The van der Waals surface area contributed by atoms with Crippen LogP contribution in [0.15, 0.2) is 30.6 Å². The highest BCUT2D eigenvalue weighted by Gasteiger charge is 2.17. The summed E-state index contributed by atoms with van der Waals surface area (Å²) in [6, 6.07) is 5.94. The largest absolute Gasteiger partial charge is 0.396 e. The van der Waals surface area contributed by atoms with Gasteiger partial charge in [0.05, 0.1) is 0 Å². The second-order valence-corrected chi connectivity index (χ2v) is 4.55. The fourth-order valence-corrected chi connectivity index (χ4v) is 1.74. The Labute approximate surface area is 94.9 Å². The van der Waals surface area contributed by atoms with Gasteiger partial charge in [0.1, 0.15) is 11.5 Å². The SMILES string of the molecule is CC(C)(CCO)Nc1cccc2nccn12. The predicted molar refractivity (Wildman–Crippen MR) is 64.6 cm³/mol. The van der Waals surface area contributed by atoms with E-state index in [1.54, 1.807) is 6.20 Å². The van der Waals surface area contributed by atoms with E-state index in [-0.39, 0.29) is 12.1 Å². The zero-order valence-electron chi connectivity index (χ0n) is 9.64. The first-order chi connectivity index (χ1) is 7.62. The molecule has 0 aliphatic carbocycles. The summed E-state index contributed by atoms with van der Waals surface area (Å²) >= 11 is 0. The lowest BCUT2D eigenvalue weighted by Gasteiger charge is -2.27. The predicted octanol–water partition coefficient (Wildman–Crippen LogP) is 1.91. The van der Waals surface area contributed by atoms with Gasteiger partial charge in [-0.15, -0.1) is 0 Å². The molecule has 0 radical (unpaired) electrons. The monoisotopic (exact) mass is 219 g/mol. The van der Waals surface area contributed by atoms with Crippen LogP contribution >= 0.6 is 0 Å². The third kappa shape index (κ3) is 2.17. The highest BCUT2D eigenvalue weighted by Crippen LogP contribution is 2.18. The summed E-state index contributed by atoms with van der Waals surface area (Å²) in [5.74, 6) is 0.994. The van der Waals surface area contributed by atoms with Crippen molar-refractivity contribution in [2.24, 2.45) is 0 Å². The van der Waals surface area contributed by atoms with Crippen LogP contribution in [0.3, 0.4) is 0 Å². The number of hydrogen-bond acceptors (Lipinski definition) is 3. The van der Waals surface area contributed by atoms with Crippen molar-refractivity contribution in [1.29, 1.82) is 0 Å². The van der Waals surface area contributed by atoms with Gasteiger partial charge < -0.3 is 10.4 Å². The minimum absolute atomic E-state index is 0.132. The minimum Gasteiger partial charge on any atom is -0.396 e. The molecule has 0 fully saturated rings. The molecule has 16 heavy (non-hydrogen) atoms. The zero-order valence-corrected chi connectivity index (χ0v) is 9.64. The molecule has 2 N–H and O–H groups in total. The molecule has 0 saturated heterocycles. The van der Waals surface area contributed by atoms with Crippen molar-refractivity contribution in [3.05, 3.63) is 30.6 Å². The van der Waals surface area contributed by atoms with Crippen molar-refractivity contribution in [2.75, 3.05) is 11.9 Å². The number of nitrogens with zero attached hydrogens (tertiary/aromatic N) is 2. The smallest absolute Gasteiger partial charge is 0.138 e. The molecule has 4 heteroatoms. The van der Waals surface area contributed by atoms with Crippen LogP contribution in [0.5, 0.6) is 0 Å². The number of anilines is 1. The maximum atomic E-state index is 8.99. The van der Waals surface area contributed by atoms with E-state index in [4.69, 9.17) is 5.11 Å². The quantitative estimate of drug-likeness (QED) is 0.825.